The molecule has 0 heterocycles. The molecule has 3 aromatic rings. The third kappa shape index (κ3) is 3.50. The molecule has 2 heteroatoms. The summed E-state index contributed by atoms with van der Waals surface area (Å²) in [5, 5.41) is 9.50. The standard InChI is InChI=1S/C22H22O2/c1-16-12-19(13-17(2)21(16)14-23)20-10-6-7-11-22(20)24-15-18-8-4-3-5-9-18/h3-13,23H,14-15H2,1-2H3. The summed E-state index contributed by atoms with van der Waals surface area (Å²) < 4.78 is 6.06. The zero-order valence-electron chi connectivity index (χ0n) is 14.1. The van der Waals surface area contributed by atoms with Gasteiger partial charge in [-0.05, 0) is 47.7 Å². The highest BCUT2D eigenvalue weighted by molar-refractivity contribution is 5.72. The molecule has 122 valence electrons. The summed E-state index contributed by atoms with van der Waals surface area (Å²) in [6.07, 6.45) is 0. The van der Waals surface area contributed by atoms with Crippen LogP contribution in [-0.4, -0.2) is 5.11 Å². The maximum atomic E-state index is 9.50. The lowest BCUT2D eigenvalue weighted by atomic mass is 9.95. The molecule has 0 saturated heterocycles. The summed E-state index contributed by atoms with van der Waals surface area (Å²) >= 11 is 0. The maximum Gasteiger partial charge on any atom is 0.127 e. The first-order chi connectivity index (χ1) is 11.7. The molecule has 0 bridgehead atoms. The molecular weight excluding hydrogens is 296 g/mol. The van der Waals surface area contributed by atoms with E-state index in [1.54, 1.807) is 0 Å². The summed E-state index contributed by atoms with van der Waals surface area (Å²) in [6, 6.07) is 22.5. The molecule has 0 atom stereocenters. The van der Waals surface area contributed by atoms with E-state index in [0.717, 1.165) is 39.1 Å². The second-order valence-corrected chi connectivity index (χ2v) is 6.02. The third-order valence-corrected chi connectivity index (χ3v) is 4.29. The molecule has 0 radical (unpaired) electrons. The zero-order valence-corrected chi connectivity index (χ0v) is 14.1. The van der Waals surface area contributed by atoms with Crippen molar-refractivity contribution in [2.75, 3.05) is 0 Å². The Bertz CT molecular complexity index is 799. The van der Waals surface area contributed by atoms with Crippen LogP contribution in [-0.2, 0) is 13.2 Å². The first-order valence-corrected chi connectivity index (χ1v) is 8.16. The fraction of sp³-hybridized carbons (Fsp3) is 0.182. The van der Waals surface area contributed by atoms with E-state index in [2.05, 4.69) is 30.3 Å². The molecule has 0 aliphatic carbocycles. The van der Waals surface area contributed by atoms with Crippen molar-refractivity contribution >= 4 is 0 Å². The van der Waals surface area contributed by atoms with E-state index in [1.165, 1.54) is 0 Å². The van der Waals surface area contributed by atoms with E-state index in [4.69, 9.17) is 4.74 Å². The highest BCUT2D eigenvalue weighted by Gasteiger charge is 2.10. The summed E-state index contributed by atoms with van der Waals surface area (Å²) in [7, 11) is 0. The first-order valence-electron chi connectivity index (χ1n) is 8.16. The molecule has 0 aliphatic heterocycles. The van der Waals surface area contributed by atoms with Gasteiger partial charge in [0, 0.05) is 5.56 Å². The average molecular weight is 318 g/mol. The number of aliphatic hydroxyl groups is 1. The summed E-state index contributed by atoms with van der Waals surface area (Å²) in [5.74, 6) is 0.872. The number of aliphatic hydroxyl groups excluding tert-OH is 1. The van der Waals surface area contributed by atoms with Crippen molar-refractivity contribution in [3.8, 4) is 16.9 Å². The van der Waals surface area contributed by atoms with Gasteiger partial charge in [-0.25, -0.2) is 0 Å². The van der Waals surface area contributed by atoms with E-state index in [0.29, 0.717) is 6.61 Å². The lowest BCUT2D eigenvalue weighted by Crippen LogP contribution is -1.98. The molecule has 3 rings (SSSR count). The molecule has 24 heavy (non-hydrogen) atoms. The first kappa shape index (κ1) is 16.3. The van der Waals surface area contributed by atoms with Crippen LogP contribution in [0.1, 0.15) is 22.3 Å². The van der Waals surface area contributed by atoms with Crippen LogP contribution < -0.4 is 4.74 Å². The van der Waals surface area contributed by atoms with E-state index >= 15 is 0 Å². The number of aryl methyl sites for hydroxylation is 2. The Balaban J connectivity index is 1.92. The van der Waals surface area contributed by atoms with Crippen molar-refractivity contribution in [1.82, 2.24) is 0 Å². The Morgan fingerprint density at radius 2 is 1.46 bits per heavy atom. The Kier molecular flexibility index (Phi) is 4.97. The molecule has 0 aromatic heterocycles. The van der Waals surface area contributed by atoms with Crippen LogP contribution in [0.4, 0.5) is 0 Å². The van der Waals surface area contributed by atoms with Crippen LogP contribution in [0.15, 0.2) is 66.7 Å². The van der Waals surface area contributed by atoms with Gasteiger partial charge in [0.2, 0.25) is 0 Å². The maximum absolute atomic E-state index is 9.50. The second-order valence-electron chi connectivity index (χ2n) is 6.02. The number of benzene rings is 3. The van der Waals surface area contributed by atoms with Crippen LogP contribution in [0.2, 0.25) is 0 Å². The molecule has 1 N–H and O–H groups in total. The quantitative estimate of drug-likeness (QED) is 0.714. The Morgan fingerprint density at radius 3 is 2.12 bits per heavy atom. The third-order valence-electron chi connectivity index (χ3n) is 4.29. The molecule has 0 unspecified atom stereocenters. The van der Waals surface area contributed by atoms with Gasteiger partial charge >= 0.3 is 0 Å². The van der Waals surface area contributed by atoms with Gasteiger partial charge < -0.3 is 9.84 Å². The van der Waals surface area contributed by atoms with Gasteiger partial charge in [-0.1, -0.05) is 60.7 Å². The van der Waals surface area contributed by atoms with Crippen molar-refractivity contribution in [1.29, 1.82) is 0 Å². The number of ether oxygens (including phenoxy) is 1. The normalized spacial score (nSPS) is 10.6. The van der Waals surface area contributed by atoms with Gasteiger partial charge in [-0.3, -0.25) is 0 Å². The van der Waals surface area contributed by atoms with E-state index in [9.17, 15) is 5.11 Å². The van der Waals surface area contributed by atoms with Crippen LogP contribution >= 0.6 is 0 Å². The molecule has 3 aromatic carbocycles. The smallest absolute Gasteiger partial charge is 0.127 e. The second kappa shape index (κ2) is 7.33. The largest absolute Gasteiger partial charge is 0.488 e. The zero-order chi connectivity index (χ0) is 16.9. The Labute approximate surface area is 143 Å². The van der Waals surface area contributed by atoms with Crippen molar-refractivity contribution in [2.24, 2.45) is 0 Å². The minimum absolute atomic E-state index is 0.0735. The Morgan fingerprint density at radius 1 is 0.833 bits per heavy atom. The predicted molar refractivity (Wildman–Crippen MR) is 98.0 cm³/mol. The van der Waals surface area contributed by atoms with Crippen molar-refractivity contribution < 1.29 is 9.84 Å². The van der Waals surface area contributed by atoms with Gasteiger partial charge in [-0.2, -0.15) is 0 Å². The fourth-order valence-corrected chi connectivity index (χ4v) is 2.96. The highest BCUT2D eigenvalue weighted by Crippen LogP contribution is 2.33. The van der Waals surface area contributed by atoms with Gasteiger partial charge in [0.05, 0.1) is 6.61 Å². The minimum atomic E-state index is 0.0735. The molecule has 0 fully saturated rings. The van der Waals surface area contributed by atoms with Crippen molar-refractivity contribution in [3.05, 3.63) is 89.0 Å². The van der Waals surface area contributed by atoms with Gasteiger partial charge in [0.25, 0.3) is 0 Å². The molecule has 0 amide bonds. The van der Waals surface area contributed by atoms with E-state index in [-0.39, 0.29) is 6.61 Å². The monoisotopic (exact) mass is 318 g/mol. The molecule has 0 spiro atoms. The topological polar surface area (TPSA) is 29.5 Å². The molecular formula is C22H22O2. The predicted octanol–water partition coefficient (Wildman–Crippen LogP) is 5.04. The van der Waals surface area contributed by atoms with Gasteiger partial charge in [0.1, 0.15) is 12.4 Å². The SMILES string of the molecule is Cc1cc(-c2ccccc2OCc2ccccc2)cc(C)c1CO. The van der Waals surface area contributed by atoms with Gasteiger partial charge in [-0.15, -0.1) is 0 Å². The average Bonchev–Trinajstić information content (AvgIpc) is 2.61. The highest BCUT2D eigenvalue weighted by atomic mass is 16.5. The summed E-state index contributed by atoms with van der Waals surface area (Å²) in [6.45, 7) is 4.69. The summed E-state index contributed by atoms with van der Waals surface area (Å²) in [4.78, 5) is 0. The van der Waals surface area contributed by atoms with Crippen molar-refractivity contribution in [3.63, 3.8) is 0 Å². The minimum Gasteiger partial charge on any atom is -0.488 e. The number of hydrogen-bond donors (Lipinski definition) is 1. The van der Waals surface area contributed by atoms with Crippen molar-refractivity contribution in [2.45, 2.75) is 27.1 Å². The fourth-order valence-electron chi connectivity index (χ4n) is 2.96. The summed E-state index contributed by atoms with van der Waals surface area (Å²) in [5.41, 5.74) is 6.54. The lowest BCUT2D eigenvalue weighted by molar-refractivity contribution is 0.280. The number of rotatable bonds is 5. The number of hydrogen-bond acceptors (Lipinski definition) is 2. The van der Waals surface area contributed by atoms with E-state index < -0.39 is 0 Å². The Hall–Kier alpha value is -2.58. The van der Waals surface area contributed by atoms with Crippen LogP contribution in [0.5, 0.6) is 5.75 Å². The van der Waals surface area contributed by atoms with Crippen LogP contribution in [0.25, 0.3) is 11.1 Å². The van der Waals surface area contributed by atoms with Crippen LogP contribution in [0, 0.1) is 13.8 Å². The molecule has 0 aliphatic rings. The number of para-hydroxylation sites is 1. The molecule has 2 nitrogen and oxygen atoms in total. The lowest BCUT2D eigenvalue weighted by Gasteiger charge is -2.15. The molecule has 0 saturated carbocycles. The van der Waals surface area contributed by atoms with Crippen LogP contribution in [0.3, 0.4) is 0 Å². The van der Waals surface area contributed by atoms with E-state index in [1.807, 2.05) is 50.2 Å². The van der Waals surface area contributed by atoms with Gasteiger partial charge in [0.15, 0.2) is 0 Å².